The molecule has 2 rings (SSSR count). The average molecular weight is 275 g/mol. The maximum atomic E-state index is 5.77. The molecule has 20 heavy (non-hydrogen) atoms. The van der Waals surface area contributed by atoms with E-state index in [-0.39, 0.29) is 0 Å². The molecule has 0 bridgehead atoms. The van der Waals surface area contributed by atoms with Gasteiger partial charge in [-0.1, -0.05) is 12.1 Å². The molecule has 0 aliphatic rings. The molecule has 0 saturated heterocycles. The molecular weight excluding hydrogens is 254 g/mol. The third kappa shape index (κ3) is 3.30. The van der Waals surface area contributed by atoms with Gasteiger partial charge >= 0.3 is 0 Å². The molecule has 2 aromatic rings. The summed E-state index contributed by atoms with van der Waals surface area (Å²) in [6.45, 7) is 6.34. The van der Waals surface area contributed by atoms with E-state index in [1.807, 2.05) is 49.0 Å². The van der Waals surface area contributed by atoms with Gasteiger partial charge in [0.15, 0.2) is 11.5 Å². The molecule has 0 aliphatic heterocycles. The molecule has 1 heterocycles. The summed E-state index contributed by atoms with van der Waals surface area (Å²) in [5.41, 5.74) is 7.80. The Bertz CT molecular complexity index is 552. The molecule has 0 spiro atoms. The quantitative estimate of drug-likeness (QED) is 0.841. The lowest BCUT2D eigenvalue weighted by Gasteiger charge is -2.12. The Hall–Kier alpha value is -2.01. The van der Waals surface area contributed by atoms with E-state index in [4.69, 9.17) is 15.2 Å². The fourth-order valence-corrected chi connectivity index (χ4v) is 2.00. The lowest BCUT2D eigenvalue weighted by Crippen LogP contribution is -2.12. The Balaban J connectivity index is 1.94. The number of nitrogens with zero attached hydrogens (tertiary/aromatic N) is 2. The first-order valence-electron chi connectivity index (χ1n) is 6.82. The second kappa shape index (κ2) is 6.96. The van der Waals surface area contributed by atoms with Crippen LogP contribution >= 0.6 is 0 Å². The Kier molecular flexibility index (Phi) is 5.01. The first kappa shape index (κ1) is 14.4. The van der Waals surface area contributed by atoms with Crippen LogP contribution in [0.4, 0.5) is 0 Å². The van der Waals surface area contributed by atoms with E-state index in [1.165, 1.54) is 0 Å². The standard InChI is InChI=1S/C15H21N3O2/c1-3-19-14-6-4-5-7-15(14)20-9-8-18-12(2)13(10-16)11-17-18/h4-7,11H,3,8-10,16H2,1-2H3. The van der Waals surface area contributed by atoms with Crippen molar-refractivity contribution in [3.63, 3.8) is 0 Å². The summed E-state index contributed by atoms with van der Waals surface area (Å²) >= 11 is 0. The Morgan fingerprint density at radius 2 is 1.90 bits per heavy atom. The van der Waals surface area contributed by atoms with Gasteiger partial charge in [-0.25, -0.2) is 0 Å². The van der Waals surface area contributed by atoms with E-state index in [0.29, 0.717) is 26.3 Å². The van der Waals surface area contributed by atoms with Gasteiger partial charge in [-0.05, 0) is 26.0 Å². The van der Waals surface area contributed by atoms with Gasteiger partial charge in [0.2, 0.25) is 0 Å². The maximum Gasteiger partial charge on any atom is 0.161 e. The third-order valence-electron chi connectivity index (χ3n) is 3.13. The van der Waals surface area contributed by atoms with Gasteiger partial charge in [0.05, 0.1) is 19.3 Å². The van der Waals surface area contributed by atoms with Gasteiger partial charge in [0.1, 0.15) is 6.61 Å². The van der Waals surface area contributed by atoms with Gasteiger partial charge in [-0.2, -0.15) is 5.10 Å². The molecule has 5 nitrogen and oxygen atoms in total. The van der Waals surface area contributed by atoms with E-state index in [1.54, 1.807) is 0 Å². The van der Waals surface area contributed by atoms with Crippen molar-refractivity contribution in [2.75, 3.05) is 13.2 Å². The molecule has 0 amide bonds. The maximum absolute atomic E-state index is 5.77. The van der Waals surface area contributed by atoms with Crippen LogP contribution < -0.4 is 15.2 Å². The molecule has 108 valence electrons. The molecule has 0 radical (unpaired) electrons. The molecule has 0 atom stereocenters. The largest absolute Gasteiger partial charge is 0.490 e. The molecule has 5 heteroatoms. The third-order valence-corrected chi connectivity index (χ3v) is 3.13. The minimum atomic E-state index is 0.514. The topological polar surface area (TPSA) is 62.3 Å². The van der Waals surface area contributed by atoms with Gasteiger partial charge in [-0.3, -0.25) is 4.68 Å². The number of nitrogens with two attached hydrogens (primary N) is 1. The van der Waals surface area contributed by atoms with Crippen LogP contribution in [0.25, 0.3) is 0 Å². The summed E-state index contributed by atoms with van der Waals surface area (Å²) in [4.78, 5) is 0. The number of aromatic nitrogens is 2. The second-order valence-electron chi connectivity index (χ2n) is 4.41. The molecule has 2 N–H and O–H groups in total. The first-order chi connectivity index (χ1) is 9.76. The molecule has 0 fully saturated rings. The molecule has 1 aromatic heterocycles. The SMILES string of the molecule is CCOc1ccccc1OCCn1ncc(CN)c1C. The van der Waals surface area contributed by atoms with Crippen LogP contribution in [0.1, 0.15) is 18.2 Å². The zero-order valence-corrected chi connectivity index (χ0v) is 12.0. The van der Waals surface area contributed by atoms with Gasteiger partial charge in [-0.15, -0.1) is 0 Å². The number of hydrogen-bond acceptors (Lipinski definition) is 4. The van der Waals surface area contributed by atoms with E-state index in [9.17, 15) is 0 Å². The Morgan fingerprint density at radius 1 is 1.20 bits per heavy atom. The summed E-state index contributed by atoms with van der Waals surface area (Å²) in [6, 6.07) is 7.68. The van der Waals surface area contributed by atoms with Crippen LogP contribution in [0.2, 0.25) is 0 Å². The number of benzene rings is 1. The smallest absolute Gasteiger partial charge is 0.161 e. The molecule has 0 unspecified atom stereocenters. The highest BCUT2D eigenvalue weighted by atomic mass is 16.5. The first-order valence-corrected chi connectivity index (χ1v) is 6.82. The van der Waals surface area contributed by atoms with Crippen LogP contribution in [0.3, 0.4) is 0 Å². The highest BCUT2D eigenvalue weighted by Crippen LogP contribution is 2.26. The number of rotatable bonds is 7. The normalized spacial score (nSPS) is 10.6. The van der Waals surface area contributed by atoms with Crippen LogP contribution in [-0.2, 0) is 13.1 Å². The minimum Gasteiger partial charge on any atom is -0.490 e. The lowest BCUT2D eigenvalue weighted by molar-refractivity contribution is 0.261. The zero-order chi connectivity index (χ0) is 14.4. The van der Waals surface area contributed by atoms with Gasteiger partial charge in [0, 0.05) is 17.8 Å². The number of para-hydroxylation sites is 2. The van der Waals surface area contributed by atoms with E-state index < -0.39 is 0 Å². The number of ether oxygens (including phenoxy) is 2. The van der Waals surface area contributed by atoms with Gasteiger partial charge in [0.25, 0.3) is 0 Å². The highest BCUT2D eigenvalue weighted by molar-refractivity contribution is 5.39. The van der Waals surface area contributed by atoms with E-state index in [2.05, 4.69) is 5.10 Å². The fraction of sp³-hybridized carbons (Fsp3) is 0.400. The highest BCUT2D eigenvalue weighted by Gasteiger charge is 2.06. The summed E-state index contributed by atoms with van der Waals surface area (Å²) in [7, 11) is 0. The van der Waals surface area contributed by atoms with Crippen molar-refractivity contribution in [3.8, 4) is 11.5 Å². The summed E-state index contributed by atoms with van der Waals surface area (Å²) in [5.74, 6) is 1.54. The van der Waals surface area contributed by atoms with Gasteiger partial charge < -0.3 is 15.2 Å². The fourth-order valence-electron chi connectivity index (χ4n) is 2.00. The van der Waals surface area contributed by atoms with Crippen molar-refractivity contribution in [1.82, 2.24) is 9.78 Å². The summed E-state index contributed by atoms with van der Waals surface area (Å²) < 4.78 is 13.2. The predicted molar refractivity (Wildman–Crippen MR) is 78.0 cm³/mol. The molecule has 0 aliphatic carbocycles. The van der Waals surface area contributed by atoms with Crippen LogP contribution in [-0.4, -0.2) is 23.0 Å². The molecule has 0 saturated carbocycles. The Morgan fingerprint density at radius 3 is 2.50 bits per heavy atom. The minimum absolute atomic E-state index is 0.514. The van der Waals surface area contributed by atoms with Crippen LogP contribution in [0.15, 0.2) is 30.5 Å². The monoisotopic (exact) mass is 275 g/mol. The molecule has 1 aromatic carbocycles. The number of hydrogen-bond donors (Lipinski definition) is 1. The van der Waals surface area contributed by atoms with E-state index in [0.717, 1.165) is 22.8 Å². The summed E-state index contributed by atoms with van der Waals surface area (Å²) in [5, 5.41) is 4.30. The van der Waals surface area contributed by atoms with Crippen molar-refractivity contribution < 1.29 is 9.47 Å². The summed E-state index contributed by atoms with van der Waals surface area (Å²) in [6.07, 6.45) is 1.81. The Labute approximate surface area is 119 Å². The zero-order valence-electron chi connectivity index (χ0n) is 12.0. The average Bonchev–Trinajstić information content (AvgIpc) is 2.82. The predicted octanol–water partition coefficient (Wildman–Crippen LogP) is 2.13. The van der Waals surface area contributed by atoms with Crippen molar-refractivity contribution >= 4 is 0 Å². The van der Waals surface area contributed by atoms with Crippen molar-refractivity contribution in [2.45, 2.75) is 26.9 Å². The van der Waals surface area contributed by atoms with Crippen molar-refractivity contribution in [3.05, 3.63) is 41.7 Å². The van der Waals surface area contributed by atoms with Crippen LogP contribution in [0, 0.1) is 6.92 Å². The lowest BCUT2D eigenvalue weighted by atomic mass is 10.3. The van der Waals surface area contributed by atoms with Crippen molar-refractivity contribution in [1.29, 1.82) is 0 Å². The second-order valence-corrected chi connectivity index (χ2v) is 4.41. The van der Waals surface area contributed by atoms with E-state index >= 15 is 0 Å². The van der Waals surface area contributed by atoms with Crippen LogP contribution in [0.5, 0.6) is 11.5 Å². The molecular formula is C15H21N3O2. The van der Waals surface area contributed by atoms with Crippen molar-refractivity contribution in [2.24, 2.45) is 5.73 Å².